The summed E-state index contributed by atoms with van der Waals surface area (Å²) >= 11 is 0. The number of carboxylic acid groups (broad SMARTS) is 1. The highest BCUT2D eigenvalue weighted by Gasteiger charge is 2.17. The molecule has 2 N–H and O–H groups in total. The molecular weight excluding hydrogens is 272 g/mol. The fourth-order valence-electron chi connectivity index (χ4n) is 1.85. The Labute approximate surface area is 121 Å². The molecule has 0 saturated heterocycles. The van der Waals surface area contributed by atoms with Gasteiger partial charge in [0.1, 0.15) is 11.3 Å². The molecule has 108 valence electrons. The Hall–Kier alpha value is -2.89. The van der Waals surface area contributed by atoms with Gasteiger partial charge in [0.05, 0.1) is 5.69 Å². The Morgan fingerprint density at radius 2 is 1.90 bits per heavy atom. The van der Waals surface area contributed by atoms with E-state index < -0.39 is 5.97 Å². The number of hydrogen-bond donors (Lipinski definition) is 2. The number of amides is 1. The Morgan fingerprint density at radius 1 is 1.24 bits per heavy atom. The number of aliphatic carboxylic acids is 1. The van der Waals surface area contributed by atoms with Crippen LogP contribution in [0.3, 0.4) is 0 Å². The quantitative estimate of drug-likeness (QED) is 0.843. The second kappa shape index (κ2) is 6.04. The van der Waals surface area contributed by atoms with E-state index in [1.807, 2.05) is 0 Å². The van der Waals surface area contributed by atoms with Crippen molar-refractivity contribution in [2.75, 3.05) is 5.32 Å². The summed E-state index contributed by atoms with van der Waals surface area (Å²) in [5, 5.41) is 15.0. The van der Waals surface area contributed by atoms with E-state index in [4.69, 9.17) is 9.63 Å². The highest BCUT2D eigenvalue weighted by Crippen LogP contribution is 2.16. The minimum Gasteiger partial charge on any atom is -0.478 e. The third kappa shape index (κ3) is 3.56. The van der Waals surface area contributed by atoms with Crippen molar-refractivity contribution in [2.24, 2.45) is 0 Å². The van der Waals surface area contributed by atoms with Crippen LogP contribution in [0.5, 0.6) is 0 Å². The molecule has 0 aliphatic carbocycles. The normalized spacial score (nSPS) is 10.8. The van der Waals surface area contributed by atoms with Crippen LogP contribution in [0.1, 0.15) is 27.4 Å². The van der Waals surface area contributed by atoms with Gasteiger partial charge in [0, 0.05) is 11.8 Å². The number of hydrogen-bond acceptors (Lipinski definition) is 4. The summed E-state index contributed by atoms with van der Waals surface area (Å²) in [6.45, 7) is 3.37. The molecule has 0 aliphatic rings. The molecule has 0 fully saturated rings. The van der Waals surface area contributed by atoms with Crippen molar-refractivity contribution in [1.29, 1.82) is 0 Å². The van der Waals surface area contributed by atoms with Crippen LogP contribution in [0, 0.1) is 13.8 Å². The molecule has 2 rings (SSSR count). The molecule has 0 spiro atoms. The fourth-order valence-corrected chi connectivity index (χ4v) is 1.85. The number of aromatic nitrogens is 1. The summed E-state index contributed by atoms with van der Waals surface area (Å²) in [6.07, 6.45) is 2.53. The lowest BCUT2D eigenvalue weighted by molar-refractivity contribution is -0.131. The molecule has 21 heavy (non-hydrogen) atoms. The number of carbonyl (C=O) groups is 2. The van der Waals surface area contributed by atoms with Gasteiger partial charge in [-0.05, 0) is 37.6 Å². The van der Waals surface area contributed by atoms with Gasteiger partial charge in [-0.1, -0.05) is 17.3 Å². The molecule has 0 atom stereocenters. The van der Waals surface area contributed by atoms with Gasteiger partial charge >= 0.3 is 5.97 Å². The monoisotopic (exact) mass is 286 g/mol. The van der Waals surface area contributed by atoms with Crippen LogP contribution < -0.4 is 5.32 Å². The summed E-state index contributed by atoms with van der Waals surface area (Å²) in [6, 6.07) is 6.81. The first-order valence-corrected chi connectivity index (χ1v) is 6.22. The first kappa shape index (κ1) is 14.5. The molecule has 1 heterocycles. The summed E-state index contributed by atoms with van der Waals surface area (Å²) in [4.78, 5) is 22.5. The zero-order chi connectivity index (χ0) is 15.4. The highest BCUT2D eigenvalue weighted by atomic mass is 16.5. The van der Waals surface area contributed by atoms with Crippen molar-refractivity contribution in [3.63, 3.8) is 0 Å². The van der Waals surface area contributed by atoms with E-state index >= 15 is 0 Å². The van der Waals surface area contributed by atoms with E-state index in [0.29, 0.717) is 22.7 Å². The van der Waals surface area contributed by atoms with Gasteiger partial charge in [-0.2, -0.15) is 0 Å². The molecule has 1 aromatic heterocycles. The maximum atomic E-state index is 12.1. The van der Waals surface area contributed by atoms with Crippen LogP contribution in [0.25, 0.3) is 6.08 Å². The van der Waals surface area contributed by atoms with Crippen molar-refractivity contribution in [2.45, 2.75) is 13.8 Å². The molecule has 6 nitrogen and oxygen atoms in total. The number of carbonyl (C=O) groups excluding carboxylic acids is 1. The van der Waals surface area contributed by atoms with Crippen LogP contribution in [0.15, 0.2) is 34.9 Å². The minimum atomic E-state index is -1.01. The van der Waals surface area contributed by atoms with Crippen molar-refractivity contribution in [3.05, 3.63) is 52.9 Å². The molecule has 6 heteroatoms. The Balaban J connectivity index is 2.10. The summed E-state index contributed by atoms with van der Waals surface area (Å²) in [5.41, 5.74) is 2.29. The van der Waals surface area contributed by atoms with Crippen LogP contribution >= 0.6 is 0 Å². The topological polar surface area (TPSA) is 92.4 Å². The zero-order valence-corrected chi connectivity index (χ0v) is 11.6. The standard InChI is InChI=1S/C15H14N2O4/c1-9-14(10(2)21-17-9)15(20)16-12-6-3-11(4-7-12)5-8-13(18)19/h3-8H,1-2H3,(H,16,20)(H,18,19). The first-order chi connectivity index (χ1) is 9.97. The number of nitrogens with one attached hydrogen (secondary N) is 1. The smallest absolute Gasteiger partial charge is 0.328 e. The maximum Gasteiger partial charge on any atom is 0.328 e. The molecule has 2 aromatic rings. The molecule has 0 bridgehead atoms. The molecule has 0 saturated carbocycles. The molecule has 1 amide bonds. The zero-order valence-electron chi connectivity index (χ0n) is 11.6. The number of benzene rings is 1. The number of nitrogens with zero attached hydrogens (tertiary/aromatic N) is 1. The lowest BCUT2D eigenvalue weighted by Gasteiger charge is -2.05. The summed E-state index contributed by atoms with van der Waals surface area (Å²) < 4.78 is 4.95. The van der Waals surface area contributed by atoms with Crippen molar-refractivity contribution < 1.29 is 19.2 Å². The van der Waals surface area contributed by atoms with Gasteiger partial charge in [0.15, 0.2) is 0 Å². The van der Waals surface area contributed by atoms with Gasteiger partial charge in [-0.15, -0.1) is 0 Å². The third-order valence-electron chi connectivity index (χ3n) is 2.85. The second-order valence-electron chi connectivity index (χ2n) is 4.45. The number of rotatable bonds is 4. The van der Waals surface area contributed by atoms with E-state index in [-0.39, 0.29) is 5.91 Å². The van der Waals surface area contributed by atoms with E-state index in [1.54, 1.807) is 38.1 Å². The molecule has 0 unspecified atom stereocenters. The van der Waals surface area contributed by atoms with E-state index in [9.17, 15) is 9.59 Å². The van der Waals surface area contributed by atoms with E-state index in [1.165, 1.54) is 6.08 Å². The van der Waals surface area contributed by atoms with Gasteiger partial charge in [0.2, 0.25) is 0 Å². The summed E-state index contributed by atoms with van der Waals surface area (Å²) in [7, 11) is 0. The predicted octanol–water partition coefficient (Wildman–Crippen LogP) is 2.64. The Bertz CT molecular complexity index is 679. The summed E-state index contributed by atoms with van der Waals surface area (Å²) in [5.74, 6) is -0.836. The van der Waals surface area contributed by atoms with E-state index in [0.717, 1.165) is 11.6 Å². The Morgan fingerprint density at radius 3 is 2.43 bits per heavy atom. The SMILES string of the molecule is Cc1noc(C)c1C(=O)Nc1ccc(C=CC(=O)O)cc1. The average Bonchev–Trinajstić information content (AvgIpc) is 2.77. The van der Waals surface area contributed by atoms with E-state index in [2.05, 4.69) is 10.5 Å². The van der Waals surface area contributed by atoms with Gasteiger partial charge in [-0.25, -0.2) is 4.79 Å². The van der Waals surface area contributed by atoms with Gasteiger partial charge in [0.25, 0.3) is 5.91 Å². The second-order valence-corrected chi connectivity index (χ2v) is 4.45. The molecular formula is C15H14N2O4. The maximum absolute atomic E-state index is 12.1. The van der Waals surface area contributed by atoms with Crippen molar-refractivity contribution in [1.82, 2.24) is 5.16 Å². The first-order valence-electron chi connectivity index (χ1n) is 6.22. The highest BCUT2D eigenvalue weighted by molar-refractivity contribution is 6.05. The van der Waals surface area contributed by atoms with Gasteiger partial charge < -0.3 is 14.9 Å². The lowest BCUT2D eigenvalue weighted by Crippen LogP contribution is -2.13. The molecule has 0 radical (unpaired) electrons. The van der Waals surface area contributed by atoms with Crippen LogP contribution in [-0.2, 0) is 4.79 Å². The van der Waals surface area contributed by atoms with Crippen LogP contribution in [0.4, 0.5) is 5.69 Å². The predicted molar refractivity (Wildman–Crippen MR) is 77.0 cm³/mol. The molecule has 0 aliphatic heterocycles. The third-order valence-corrected chi connectivity index (χ3v) is 2.85. The number of carboxylic acids is 1. The largest absolute Gasteiger partial charge is 0.478 e. The number of anilines is 1. The van der Waals surface area contributed by atoms with Crippen LogP contribution in [-0.4, -0.2) is 22.1 Å². The average molecular weight is 286 g/mol. The minimum absolute atomic E-state index is 0.292. The molecule has 1 aromatic carbocycles. The van der Waals surface area contributed by atoms with Crippen molar-refractivity contribution in [3.8, 4) is 0 Å². The van der Waals surface area contributed by atoms with Crippen molar-refractivity contribution >= 4 is 23.6 Å². The fraction of sp³-hybridized carbons (Fsp3) is 0.133. The van der Waals surface area contributed by atoms with Gasteiger partial charge in [-0.3, -0.25) is 4.79 Å². The number of aryl methyl sites for hydroxylation is 2. The lowest BCUT2D eigenvalue weighted by atomic mass is 10.1. The Kier molecular flexibility index (Phi) is 4.18. The van der Waals surface area contributed by atoms with Crippen LogP contribution in [0.2, 0.25) is 0 Å².